The maximum absolute atomic E-state index is 13.1. The lowest BCUT2D eigenvalue weighted by molar-refractivity contribution is 0.423. The van der Waals surface area contributed by atoms with E-state index in [4.69, 9.17) is 5.73 Å². The van der Waals surface area contributed by atoms with E-state index in [2.05, 4.69) is 4.99 Å². The average Bonchev–Trinajstić information content (AvgIpc) is 2.34. The van der Waals surface area contributed by atoms with Crippen LogP contribution in [0.4, 0.5) is 4.39 Å². The molecule has 0 amide bonds. The molecule has 2 N–H and O–H groups in total. The molecular weight excluding hydrogens is 167 g/mol. The Kier molecular flexibility index (Phi) is 2.74. The lowest BCUT2D eigenvalue weighted by atomic mass is 9.91. The summed E-state index contributed by atoms with van der Waals surface area (Å²) in [6, 6.07) is 0. The Morgan fingerprint density at radius 3 is 2.62 bits per heavy atom. The number of allylic oxidation sites excluding steroid dienone is 2. The van der Waals surface area contributed by atoms with E-state index in [0.29, 0.717) is 24.4 Å². The standard InChI is InChI=1S/C10H17FN2/c1-10(2,3)9(12)6-8-7(11)4-5-13-8/h6-7H,4-5,12H2,1-3H3/b9-6-. The van der Waals surface area contributed by atoms with Crippen LogP contribution >= 0.6 is 0 Å². The minimum absolute atomic E-state index is 0.106. The van der Waals surface area contributed by atoms with Gasteiger partial charge in [0.2, 0.25) is 0 Å². The molecule has 0 fully saturated rings. The van der Waals surface area contributed by atoms with Gasteiger partial charge in [0.05, 0.1) is 5.71 Å². The minimum atomic E-state index is -0.916. The molecule has 0 aromatic heterocycles. The topological polar surface area (TPSA) is 38.4 Å². The summed E-state index contributed by atoms with van der Waals surface area (Å²) in [5.74, 6) is 0. The van der Waals surface area contributed by atoms with Crippen LogP contribution in [0.5, 0.6) is 0 Å². The third-order valence-corrected chi connectivity index (χ3v) is 2.17. The van der Waals surface area contributed by atoms with Gasteiger partial charge in [0.15, 0.2) is 0 Å². The Morgan fingerprint density at radius 2 is 2.23 bits per heavy atom. The molecular formula is C10H17FN2. The monoisotopic (exact) mass is 184 g/mol. The Labute approximate surface area is 78.7 Å². The van der Waals surface area contributed by atoms with Crippen molar-refractivity contribution in [1.82, 2.24) is 0 Å². The number of aliphatic imine (C=N–C) groups is 1. The molecule has 1 heterocycles. The van der Waals surface area contributed by atoms with Crippen molar-refractivity contribution in [3.05, 3.63) is 11.8 Å². The van der Waals surface area contributed by atoms with Gasteiger partial charge in [-0.3, -0.25) is 4.99 Å². The first-order valence-electron chi connectivity index (χ1n) is 4.57. The van der Waals surface area contributed by atoms with Crippen LogP contribution in [0.1, 0.15) is 27.2 Å². The molecule has 74 valence electrons. The second-order valence-corrected chi connectivity index (χ2v) is 4.41. The number of hydrogen-bond acceptors (Lipinski definition) is 2. The zero-order chi connectivity index (χ0) is 10.1. The molecule has 0 aromatic carbocycles. The summed E-state index contributed by atoms with van der Waals surface area (Å²) < 4.78 is 13.1. The van der Waals surface area contributed by atoms with E-state index >= 15 is 0 Å². The number of nitrogens with two attached hydrogens (primary N) is 1. The van der Waals surface area contributed by atoms with Gasteiger partial charge in [0.25, 0.3) is 0 Å². The van der Waals surface area contributed by atoms with Crippen LogP contribution < -0.4 is 5.73 Å². The van der Waals surface area contributed by atoms with Gasteiger partial charge in [-0.05, 0) is 6.08 Å². The zero-order valence-corrected chi connectivity index (χ0v) is 8.47. The summed E-state index contributed by atoms with van der Waals surface area (Å²) in [4.78, 5) is 4.06. The van der Waals surface area contributed by atoms with E-state index < -0.39 is 6.17 Å². The van der Waals surface area contributed by atoms with E-state index in [1.807, 2.05) is 20.8 Å². The zero-order valence-electron chi connectivity index (χ0n) is 8.47. The summed E-state index contributed by atoms with van der Waals surface area (Å²) in [6.45, 7) is 6.59. The fraction of sp³-hybridized carbons (Fsp3) is 0.700. The van der Waals surface area contributed by atoms with Gasteiger partial charge >= 0.3 is 0 Å². The largest absolute Gasteiger partial charge is 0.402 e. The normalized spacial score (nSPS) is 24.8. The highest BCUT2D eigenvalue weighted by Gasteiger charge is 2.21. The number of rotatable bonds is 1. The van der Waals surface area contributed by atoms with Crippen LogP contribution in [0.2, 0.25) is 0 Å². The number of hydrogen-bond donors (Lipinski definition) is 1. The Balaban J connectivity index is 2.76. The van der Waals surface area contributed by atoms with Crippen LogP contribution in [-0.4, -0.2) is 18.4 Å². The van der Waals surface area contributed by atoms with E-state index in [1.165, 1.54) is 0 Å². The highest BCUT2D eigenvalue weighted by atomic mass is 19.1. The molecule has 0 saturated carbocycles. The summed E-state index contributed by atoms with van der Waals surface area (Å²) >= 11 is 0. The summed E-state index contributed by atoms with van der Waals surface area (Å²) in [7, 11) is 0. The van der Waals surface area contributed by atoms with Crippen LogP contribution in [-0.2, 0) is 0 Å². The summed E-state index contributed by atoms with van der Waals surface area (Å²) in [5.41, 5.74) is 6.90. The van der Waals surface area contributed by atoms with Crippen molar-refractivity contribution in [1.29, 1.82) is 0 Å². The third kappa shape index (κ3) is 2.54. The predicted molar refractivity (Wildman–Crippen MR) is 53.5 cm³/mol. The minimum Gasteiger partial charge on any atom is -0.402 e. The molecule has 13 heavy (non-hydrogen) atoms. The van der Waals surface area contributed by atoms with Crippen molar-refractivity contribution in [3.8, 4) is 0 Å². The van der Waals surface area contributed by atoms with E-state index in [-0.39, 0.29) is 5.41 Å². The van der Waals surface area contributed by atoms with Gasteiger partial charge in [-0.1, -0.05) is 20.8 Å². The number of nitrogens with zero attached hydrogens (tertiary/aromatic N) is 1. The van der Waals surface area contributed by atoms with Crippen molar-refractivity contribution < 1.29 is 4.39 Å². The van der Waals surface area contributed by atoms with Crippen LogP contribution in [0, 0.1) is 5.41 Å². The molecule has 1 unspecified atom stereocenters. The second-order valence-electron chi connectivity index (χ2n) is 4.41. The Bertz CT molecular complexity index is 248. The SMILES string of the molecule is CC(C)(C)/C(N)=C/C1=NCCC1F. The average molecular weight is 184 g/mol. The molecule has 0 bridgehead atoms. The van der Waals surface area contributed by atoms with Crippen molar-refractivity contribution in [3.63, 3.8) is 0 Å². The van der Waals surface area contributed by atoms with E-state index in [9.17, 15) is 4.39 Å². The summed E-state index contributed by atoms with van der Waals surface area (Å²) in [6.07, 6.45) is 1.27. The van der Waals surface area contributed by atoms with Gasteiger partial charge in [-0.2, -0.15) is 0 Å². The van der Waals surface area contributed by atoms with Gasteiger partial charge < -0.3 is 5.73 Å². The lowest BCUT2D eigenvalue weighted by Gasteiger charge is -2.19. The molecule has 0 aromatic rings. The van der Waals surface area contributed by atoms with Crippen LogP contribution in [0.15, 0.2) is 16.8 Å². The molecule has 1 aliphatic heterocycles. The lowest BCUT2D eigenvalue weighted by Crippen LogP contribution is -2.20. The molecule has 0 aliphatic carbocycles. The van der Waals surface area contributed by atoms with Gasteiger partial charge in [-0.25, -0.2) is 4.39 Å². The first-order chi connectivity index (χ1) is 5.91. The highest BCUT2D eigenvalue weighted by Crippen LogP contribution is 2.22. The molecule has 3 heteroatoms. The molecule has 1 atom stereocenters. The number of halogens is 1. The number of alkyl halides is 1. The molecule has 0 spiro atoms. The van der Waals surface area contributed by atoms with Crippen molar-refractivity contribution in [2.45, 2.75) is 33.4 Å². The third-order valence-electron chi connectivity index (χ3n) is 2.17. The van der Waals surface area contributed by atoms with Crippen molar-refractivity contribution in [2.75, 3.05) is 6.54 Å². The quantitative estimate of drug-likeness (QED) is 0.665. The van der Waals surface area contributed by atoms with Crippen LogP contribution in [0.25, 0.3) is 0 Å². The Morgan fingerprint density at radius 1 is 1.62 bits per heavy atom. The fourth-order valence-corrected chi connectivity index (χ4v) is 1.07. The van der Waals surface area contributed by atoms with E-state index in [1.54, 1.807) is 6.08 Å². The van der Waals surface area contributed by atoms with Gasteiger partial charge in [0, 0.05) is 24.1 Å². The molecule has 0 radical (unpaired) electrons. The second kappa shape index (κ2) is 3.48. The Hall–Kier alpha value is -0.860. The van der Waals surface area contributed by atoms with E-state index in [0.717, 1.165) is 0 Å². The smallest absolute Gasteiger partial charge is 0.143 e. The van der Waals surface area contributed by atoms with Gasteiger partial charge in [0.1, 0.15) is 6.17 Å². The first-order valence-corrected chi connectivity index (χ1v) is 4.57. The maximum Gasteiger partial charge on any atom is 0.143 e. The van der Waals surface area contributed by atoms with Crippen molar-refractivity contribution >= 4 is 5.71 Å². The maximum atomic E-state index is 13.1. The molecule has 1 aliphatic rings. The molecule has 0 saturated heterocycles. The van der Waals surface area contributed by atoms with Crippen LogP contribution in [0.3, 0.4) is 0 Å². The summed E-state index contributed by atoms with van der Waals surface area (Å²) in [5, 5.41) is 0. The predicted octanol–water partition coefficient (Wildman–Crippen LogP) is 2.06. The highest BCUT2D eigenvalue weighted by molar-refractivity contribution is 6.00. The molecule has 1 rings (SSSR count). The fourth-order valence-electron chi connectivity index (χ4n) is 1.07. The first kappa shape index (κ1) is 10.2. The molecule has 2 nitrogen and oxygen atoms in total. The van der Waals surface area contributed by atoms with Gasteiger partial charge in [-0.15, -0.1) is 0 Å². The van der Waals surface area contributed by atoms with Crippen molar-refractivity contribution in [2.24, 2.45) is 16.1 Å².